The fraction of sp³-hybridized carbons (Fsp3) is 0.500. The Kier molecular flexibility index (Phi) is 5.06. The van der Waals surface area contributed by atoms with Gasteiger partial charge in [0.25, 0.3) is 0 Å². The van der Waals surface area contributed by atoms with Crippen molar-refractivity contribution in [3.8, 4) is 0 Å². The standard InChI is InChI=1S/C20H26N4O/c1-25-20-7-10-24(13-17-6-2-3-9-22-17)19-15-23(14-18(19)20)12-16-5-4-8-21-11-16/h2-6,8-9,11,18-20H,7,10,12-15H2,1H3/t18-,19+,20-/m1/s1. The number of fused-ring (bicyclic) bond motifs is 1. The minimum atomic E-state index is 0.365. The zero-order chi connectivity index (χ0) is 17.1. The van der Waals surface area contributed by atoms with Crippen LogP contribution < -0.4 is 0 Å². The zero-order valence-electron chi connectivity index (χ0n) is 14.8. The molecule has 2 aliphatic heterocycles. The number of hydrogen-bond donors (Lipinski definition) is 0. The molecule has 0 spiro atoms. The first-order valence-electron chi connectivity index (χ1n) is 9.11. The van der Waals surface area contributed by atoms with E-state index in [4.69, 9.17) is 4.74 Å². The second kappa shape index (κ2) is 7.60. The summed E-state index contributed by atoms with van der Waals surface area (Å²) in [4.78, 5) is 13.9. The van der Waals surface area contributed by atoms with E-state index in [0.29, 0.717) is 18.1 Å². The normalized spacial score (nSPS) is 27.3. The maximum absolute atomic E-state index is 5.82. The van der Waals surface area contributed by atoms with Crippen molar-refractivity contribution >= 4 is 0 Å². The molecule has 0 N–H and O–H groups in total. The second-order valence-electron chi connectivity index (χ2n) is 7.14. The molecule has 5 heteroatoms. The largest absolute Gasteiger partial charge is 0.381 e. The van der Waals surface area contributed by atoms with E-state index in [2.05, 4.69) is 38.0 Å². The SMILES string of the molecule is CO[C@@H]1CCN(Cc2ccccn2)[C@H]2CN(Cc3cccnc3)C[C@@H]12. The molecule has 132 valence electrons. The molecule has 0 unspecified atom stereocenters. The molecule has 2 aliphatic rings. The molecule has 5 nitrogen and oxygen atoms in total. The van der Waals surface area contributed by atoms with Gasteiger partial charge in [-0.3, -0.25) is 19.8 Å². The molecular formula is C20H26N4O. The number of ether oxygens (including phenoxy) is 1. The Labute approximate surface area is 149 Å². The topological polar surface area (TPSA) is 41.5 Å². The molecule has 2 fully saturated rings. The van der Waals surface area contributed by atoms with Gasteiger partial charge in [0.2, 0.25) is 0 Å². The predicted molar refractivity (Wildman–Crippen MR) is 96.9 cm³/mol. The highest BCUT2D eigenvalue weighted by Gasteiger charge is 2.44. The van der Waals surface area contributed by atoms with Crippen LogP contribution in [-0.4, -0.2) is 58.7 Å². The lowest BCUT2D eigenvalue weighted by Gasteiger charge is -2.41. The van der Waals surface area contributed by atoms with Gasteiger partial charge in [-0.15, -0.1) is 0 Å². The first kappa shape index (κ1) is 16.6. The second-order valence-corrected chi connectivity index (χ2v) is 7.14. The summed E-state index contributed by atoms with van der Waals surface area (Å²) in [5.41, 5.74) is 2.44. The summed E-state index contributed by atoms with van der Waals surface area (Å²) < 4.78 is 5.82. The van der Waals surface area contributed by atoms with Crippen molar-refractivity contribution < 1.29 is 4.74 Å². The summed E-state index contributed by atoms with van der Waals surface area (Å²) in [5, 5.41) is 0. The molecule has 25 heavy (non-hydrogen) atoms. The Balaban J connectivity index is 1.47. The fourth-order valence-corrected chi connectivity index (χ4v) is 4.39. The Morgan fingerprint density at radius 1 is 1.12 bits per heavy atom. The highest BCUT2D eigenvalue weighted by molar-refractivity contribution is 5.10. The summed E-state index contributed by atoms with van der Waals surface area (Å²) in [6, 6.07) is 10.9. The third-order valence-electron chi connectivity index (χ3n) is 5.58. The van der Waals surface area contributed by atoms with Crippen molar-refractivity contribution in [2.75, 3.05) is 26.7 Å². The number of hydrogen-bond acceptors (Lipinski definition) is 5. The van der Waals surface area contributed by atoms with E-state index in [1.54, 1.807) is 0 Å². The van der Waals surface area contributed by atoms with Gasteiger partial charge < -0.3 is 4.74 Å². The lowest BCUT2D eigenvalue weighted by atomic mass is 9.89. The van der Waals surface area contributed by atoms with Crippen LogP contribution in [0.25, 0.3) is 0 Å². The number of methoxy groups -OCH3 is 1. The minimum Gasteiger partial charge on any atom is -0.381 e. The summed E-state index contributed by atoms with van der Waals surface area (Å²) in [6.07, 6.45) is 7.16. The number of nitrogens with zero attached hydrogens (tertiary/aromatic N) is 4. The van der Waals surface area contributed by atoms with Crippen LogP contribution in [0.15, 0.2) is 48.9 Å². The molecule has 2 aromatic rings. The first-order chi connectivity index (χ1) is 12.3. The highest BCUT2D eigenvalue weighted by Crippen LogP contribution is 2.33. The highest BCUT2D eigenvalue weighted by atomic mass is 16.5. The third kappa shape index (κ3) is 3.73. The van der Waals surface area contributed by atoms with Crippen LogP contribution in [0.4, 0.5) is 0 Å². The van der Waals surface area contributed by atoms with E-state index in [1.807, 2.05) is 37.8 Å². The minimum absolute atomic E-state index is 0.365. The van der Waals surface area contributed by atoms with Crippen LogP contribution in [0.5, 0.6) is 0 Å². The third-order valence-corrected chi connectivity index (χ3v) is 5.58. The van der Waals surface area contributed by atoms with Crippen LogP contribution >= 0.6 is 0 Å². The monoisotopic (exact) mass is 338 g/mol. The molecule has 0 aromatic carbocycles. The van der Waals surface area contributed by atoms with Gasteiger partial charge in [-0.2, -0.15) is 0 Å². The van der Waals surface area contributed by atoms with E-state index >= 15 is 0 Å². The molecule has 0 saturated carbocycles. The van der Waals surface area contributed by atoms with Crippen molar-refractivity contribution in [2.45, 2.75) is 31.7 Å². The number of likely N-dealkylation sites (tertiary alicyclic amines) is 2. The lowest BCUT2D eigenvalue weighted by Crippen LogP contribution is -2.50. The van der Waals surface area contributed by atoms with Crippen molar-refractivity contribution in [1.82, 2.24) is 19.8 Å². The van der Waals surface area contributed by atoms with Crippen molar-refractivity contribution in [2.24, 2.45) is 5.92 Å². The van der Waals surface area contributed by atoms with Gasteiger partial charge in [0.15, 0.2) is 0 Å². The van der Waals surface area contributed by atoms with E-state index in [9.17, 15) is 0 Å². The van der Waals surface area contributed by atoms with Gasteiger partial charge in [-0.25, -0.2) is 0 Å². The first-order valence-corrected chi connectivity index (χ1v) is 9.11. The van der Waals surface area contributed by atoms with Crippen LogP contribution in [0.1, 0.15) is 17.7 Å². The molecule has 3 atom stereocenters. The van der Waals surface area contributed by atoms with Gasteiger partial charge in [0, 0.05) is 70.4 Å². The number of rotatable bonds is 5. The number of pyridine rings is 2. The number of piperidine rings is 1. The molecule has 0 amide bonds. The smallest absolute Gasteiger partial charge is 0.0639 e. The molecule has 4 rings (SSSR count). The zero-order valence-corrected chi connectivity index (χ0v) is 14.8. The van der Waals surface area contributed by atoms with Gasteiger partial charge in [-0.1, -0.05) is 12.1 Å². The van der Waals surface area contributed by atoms with Crippen LogP contribution in [0, 0.1) is 5.92 Å². The van der Waals surface area contributed by atoms with Gasteiger partial charge in [-0.05, 0) is 30.2 Å². The van der Waals surface area contributed by atoms with Gasteiger partial charge >= 0.3 is 0 Å². The Morgan fingerprint density at radius 2 is 2.08 bits per heavy atom. The maximum atomic E-state index is 5.82. The Morgan fingerprint density at radius 3 is 2.84 bits per heavy atom. The molecule has 4 heterocycles. The molecule has 2 saturated heterocycles. The van der Waals surface area contributed by atoms with Crippen molar-refractivity contribution in [1.29, 1.82) is 0 Å². The quantitative estimate of drug-likeness (QED) is 0.836. The van der Waals surface area contributed by atoms with E-state index < -0.39 is 0 Å². The summed E-state index contributed by atoms with van der Waals surface area (Å²) >= 11 is 0. The van der Waals surface area contributed by atoms with Crippen LogP contribution in [0.2, 0.25) is 0 Å². The molecule has 0 bridgehead atoms. The average molecular weight is 338 g/mol. The van der Waals surface area contributed by atoms with Crippen molar-refractivity contribution in [3.63, 3.8) is 0 Å². The number of aromatic nitrogens is 2. The summed E-state index contributed by atoms with van der Waals surface area (Å²) in [5.74, 6) is 0.569. The van der Waals surface area contributed by atoms with E-state index in [-0.39, 0.29) is 0 Å². The summed E-state index contributed by atoms with van der Waals surface area (Å²) in [6.45, 7) is 5.16. The Hall–Kier alpha value is -1.82. The fourth-order valence-electron chi connectivity index (χ4n) is 4.39. The lowest BCUT2D eigenvalue weighted by molar-refractivity contribution is -0.0248. The predicted octanol–water partition coefficient (Wildman–Crippen LogP) is 2.20. The van der Waals surface area contributed by atoms with Gasteiger partial charge in [0.05, 0.1) is 11.8 Å². The van der Waals surface area contributed by atoms with Gasteiger partial charge in [0.1, 0.15) is 0 Å². The Bertz CT molecular complexity index is 666. The molecular weight excluding hydrogens is 312 g/mol. The maximum Gasteiger partial charge on any atom is 0.0639 e. The van der Waals surface area contributed by atoms with Crippen LogP contribution in [0.3, 0.4) is 0 Å². The molecule has 0 aliphatic carbocycles. The van der Waals surface area contributed by atoms with Crippen molar-refractivity contribution in [3.05, 3.63) is 60.2 Å². The molecule has 0 radical (unpaired) electrons. The average Bonchev–Trinajstić information content (AvgIpc) is 3.08. The molecule has 2 aromatic heterocycles. The van der Waals surface area contributed by atoms with E-state index in [0.717, 1.165) is 44.8 Å². The van der Waals surface area contributed by atoms with E-state index in [1.165, 1.54) is 5.56 Å². The summed E-state index contributed by atoms with van der Waals surface area (Å²) in [7, 11) is 1.86. The van der Waals surface area contributed by atoms with Crippen LogP contribution in [-0.2, 0) is 17.8 Å².